The first-order valence-corrected chi connectivity index (χ1v) is 5.32. The fourth-order valence-corrected chi connectivity index (χ4v) is 1.07. The van der Waals surface area contributed by atoms with Crippen molar-refractivity contribution >= 4 is 40.8 Å². The zero-order chi connectivity index (χ0) is 12.2. The lowest BCUT2D eigenvalue weighted by atomic mass is 10.6. The highest BCUT2D eigenvalue weighted by Gasteiger charge is 2.28. The van der Waals surface area contributed by atoms with Crippen LogP contribution >= 0.6 is 34.8 Å². The van der Waals surface area contributed by atoms with Gasteiger partial charge in [-0.1, -0.05) is 34.8 Å². The Balaban J connectivity index is 3.01. The van der Waals surface area contributed by atoms with E-state index in [0.29, 0.717) is 0 Å². The van der Waals surface area contributed by atoms with Crippen LogP contribution in [0.3, 0.4) is 0 Å². The van der Waals surface area contributed by atoms with Gasteiger partial charge in [-0.2, -0.15) is 15.0 Å². The molecule has 0 bridgehead atoms. The second-order valence-corrected chi connectivity index (χ2v) is 4.90. The van der Waals surface area contributed by atoms with Crippen LogP contribution in [0.2, 0.25) is 0 Å². The molecule has 0 atom stereocenters. The van der Waals surface area contributed by atoms with E-state index in [1.807, 2.05) is 0 Å². The molecule has 2 N–H and O–H groups in total. The van der Waals surface area contributed by atoms with Gasteiger partial charge < -0.3 is 15.2 Å². The van der Waals surface area contributed by atoms with Crippen molar-refractivity contribution in [2.24, 2.45) is 0 Å². The molecule has 0 amide bonds. The fraction of sp³-hybridized carbons (Fsp3) is 0.571. The molecule has 0 aliphatic rings. The van der Waals surface area contributed by atoms with E-state index in [0.717, 1.165) is 0 Å². The normalized spacial score (nSPS) is 11.3. The van der Waals surface area contributed by atoms with E-state index >= 15 is 0 Å². The van der Waals surface area contributed by atoms with Gasteiger partial charge in [0.25, 0.3) is 0 Å². The van der Waals surface area contributed by atoms with E-state index in [-0.39, 0.29) is 30.9 Å². The molecular formula is C7H9Cl3N4O2. The third-order valence-electron chi connectivity index (χ3n) is 1.45. The molecular weight excluding hydrogens is 278 g/mol. The van der Waals surface area contributed by atoms with Gasteiger partial charge in [-0.3, -0.25) is 0 Å². The second-order valence-electron chi connectivity index (χ2n) is 2.62. The number of alkyl halides is 3. The van der Waals surface area contributed by atoms with Crippen molar-refractivity contribution in [1.29, 1.82) is 0 Å². The van der Waals surface area contributed by atoms with Crippen LogP contribution < -0.4 is 10.1 Å². The molecule has 1 aromatic rings. The molecule has 16 heavy (non-hydrogen) atoms. The van der Waals surface area contributed by atoms with Crippen LogP contribution in [0.25, 0.3) is 0 Å². The van der Waals surface area contributed by atoms with Crippen molar-refractivity contribution in [3.05, 3.63) is 5.82 Å². The Labute approximate surface area is 107 Å². The first-order valence-electron chi connectivity index (χ1n) is 4.19. The molecule has 0 spiro atoms. The third-order valence-corrected chi connectivity index (χ3v) is 1.95. The highest BCUT2D eigenvalue weighted by Crippen LogP contribution is 2.36. The summed E-state index contributed by atoms with van der Waals surface area (Å²) in [7, 11) is 1.38. The predicted octanol–water partition coefficient (Wildman–Crippen LogP) is 1.11. The molecule has 1 aromatic heterocycles. The summed E-state index contributed by atoms with van der Waals surface area (Å²) in [5, 5.41) is 11.4. The molecule has 0 unspecified atom stereocenters. The van der Waals surface area contributed by atoms with Gasteiger partial charge in [0.2, 0.25) is 9.74 Å². The molecule has 0 fully saturated rings. The van der Waals surface area contributed by atoms with Crippen molar-refractivity contribution in [2.45, 2.75) is 3.79 Å². The Kier molecular flexibility index (Phi) is 4.79. The van der Waals surface area contributed by atoms with Gasteiger partial charge in [0, 0.05) is 6.54 Å². The minimum absolute atomic E-state index is 0.0248. The van der Waals surface area contributed by atoms with Crippen LogP contribution in [0.5, 0.6) is 6.01 Å². The summed E-state index contributed by atoms with van der Waals surface area (Å²) < 4.78 is 3.07. The van der Waals surface area contributed by atoms with Crippen LogP contribution in [0.15, 0.2) is 0 Å². The molecule has 1 heterocycles. The zero-order valence-corrected chi connectivity index (χ0v) is 10.5. The highest BCUT2D eigenvalue weighted by atomic mass is 35.6. The number of nitrogens with zero attached hydrogens (tertiary/aromatic N) is 3. The standard InChI is InChI=1S/C7H9Cl3N4O2/c1-16-6-13-4(7(8,9)10)12-5(14-6)11-2-3-15/h15H,2-3H2,1H3,(H,11,12,13,14). The maximum absolute atomic E-state index is 8.64. The Morgan fingerprint density at radius 3 is 2.50 bits per heavy atom. The first kappa shape index (κ1) is 13.5. The van der Waals surface area contributed by atoms with Crippen molar-refractivity contribution in [3.63, 3.8) is 0 Å². The van der Waals surface area contributed by atoms with Crippen LogP contribution in [-0.4, -0.2) is 40.3 Å². The molecule has 0 saturated heterocycles. The summed E-state index contributed by atoms with van der Waals surface area (Å²) in [6.45, 7) is 0.198. The monoisotopic (exact) mass is 286 g/mol. The van der Waals surface area contributed by atoms with E-state index in [9.17, 15) is 0 Å². The van der Waals surface area contributed by atoms with Crippen molar-refractivity contribution < 1.29 is 9.84 Å². The number of hydrogen-bond acceptors (Lipinski definition) is 6. The number of ether oxygens (including phenoxy) is 1. The fourth-order valence-electron chi connectivity index (χ4n) is 0.821. The summed E-state index contributed by atoms with van der Waals surface area (Å²) in [4.78, 5) is 11.5. The number of rotatable bonds is 4. The Morgan fingerprint density at radius 1 is 1.31 bits per heavy atom. The van der Waals surface area contributed by atoms with Crippen LogP contribution in [-0.2, 0) is 3.79 Å². The number of hydrogen-bond donors (Lipinski definition) is 2. The van der Waals surface area contributed by atoms with E-state index in [1.54, 1.807) is 0 Å². The van der Waals surface area contributed by atoms with E-state index in [1.165, 1.54) is 7.11 Å². The highest BCUT2D eigenvalue weighted by molar-refractivity contribution is 6.66. The van der Waals surface area contributed by atoms with Gasteiger partial charge >= 0.3 is 6.01 Å². The first-order chi connectivity index (χ1) is 7.47. The molecule has 0 aliphatic carbocycles. The van der Waals surface area contributed by atoms with Gasteiger partial charge in [-0.15, -0.1) is 0 Å². The molecule has 0 aliphatic heterocycles. The smallest absolute Gasteiger partial charge is 0.321 e. The lowest BCUT2D eigenvalue weighted by Crippen LogP contribution is -2.15. The zero-order valence-electron chi connectivity index (χ0n) is 8.25. The lowest BCUT2D eigenvalue weighted by Gasteiger charge is -2.11. The Hall–Kier alpha value is -0.560. The summed E-state index contributed by atoms with van der Waals surface area (Å²) in [6, 6.07) is 0.0248. The minimum atomic E-state index is -1.76. The summed E-state index contributed by atoms with van der Waals surface area (Å²) in [5.74, 6) is 0.118. The average molecular weight is 288 g/mol. The Bertz CT molecular complexity index is 358. The number of nitrogens with one attached hydrogen (secondary N) is 1. The second kappa shape index (κ2) is 5.67. The largest absolute Gasteiger partial charge is 0.467 e. The average Bonchev–Trinajstić information content (AvgIpc) is 2.24. The summed E-state index contributed by atoms with van der Waals surface area (Å²) in [5.41, 5.74) is 0. The number of halogens is 3. The molecule has 0 saturated carbocycles. The van der Waals surface area contributed by atoms with E-state index in [4.69, 9.17) is 44.6 Å². The minimum Gasteiger partial charge on any atom is -0.467 e. The van der Waals surface area contributed by atoms with Crippen molar-refractivity contribution in [2.75, 3.05) is 25.6 Å². The number of anilines is 1. The lowest BCUT2D eigenvalue weighted by molar-refractivity contribution is 0.310. The van der Waals surface area contributed by atoms with Gasteiger partial charge in [0.05, 0.1) is 13.7 Å². The van der Waals surface area contributed by atoms with Gasteiger partial charge in [0.15, 0.2) is 5.82 Å². The summed E-state index contributed by atoms with van der Waals surface area (Å²) in [6.07, 6.45) is 0. The van der Waals surface area contributed by atoms with Crippen LogP contribution in [0.1, 0.15) is 5.82 Å². The van der Waals surface area contributed by atoms with Crippen molar-refractivity contribution in [1.82, 2.24) is 15.0 Å². The van der Waals surface area contributed by atoms with Crippen molar-refractivity contribution in [3.8, 4) is 6.01 Å². The van der Waals surface area contributed by atoms with Gasteiger partial charge in [-0.05, 0) is 0 Å². The number of aliphatic hydroxyl groups excluding tert-OH is 1. The van der Waals surface area contributed by atoms with Crippen LogP contribution in [0.4, 0.5) is 5.95 Å². The quantitative estimate of drug-likeness (QED) is 0.808. The van der Waals surface area contributed by atoms with Gasteiger partial charge in [-0.25, -0.2) is 0 Å². The number of aliphatic hydroxyl groups is 1. The molecule has 1 rings (SSSR count). The van der Waals surface area contributed by atoms with E-state index < -0.39 is 3.79 Å². The summed E-state index contributed by atoms with van der Waals surface area (Å²) >= 11 is 16.9. The SMILES string of the molecule is COc1nc(NCCO)nc(C(Cl)(Cl)Cl)n1. The number of methoxy groups -OCH3 is 1. The topological polar surface area (TPSA) is 80.2 Å². The molecule has 0 radical (unpaired) electrons. The number of aromatic nitrogens is 3. The maximum Gasteiger partial charge on any atom is 0.321 e. The van der Waals surface area contributed by atoms with E-state index in [2.05, 4.69) is 20.3 Å². The molecule has 9 heteroatoms. The Morgan fingerprint density at radius 2 is 2.00 bits per heavy atom. The van der Waals surface area contributed by atoms with Crippen LogP contribution in [0, 0.1) is 0 Å². The molecule has 90 valence electrons. The maximum atomic E-state index is 8.64. The predicted molar refractivity (Wildman–Crippen MR) is 61.2 cm³/mol. The molecule has 6 nitrogen and oxygen atoms in total. The van der Waals surface area contributed by atoms with Gasteiger partial charge in [0.1, 0.15) is 0 Å². The molecule has 0 aromatic carbocycles. The third kappa shape index (κ3) is 3.79.